The molecule has 1 fully saturated rings. The zero-order valence-electron chi connectivity index (χ0n) is 9.74. The summed E-state index contributed by atoms with van der Waals surface area (Å²) in [6, 6.07) is 5.22. The maximum absolute atomic E-state index is 12.1. The Morgan fingerprint density at radius 1 is 1.29 bits per heavy atom. The molecule has 1 aromatic rings. The molecule has 17 heavy (non-hydrogen) atoms. The summed E-state index contributed by atoms with van der Waals surface area (Å²) in [5, 5.41) is 0. The molecule has 0 bridgehead atoms. The van der Waals surface area contributed by atoms with Crippen LogP contribution in [0.4, 0.5) is 0 Å². The van der Waals surface area contributed by atoms with E-state index in [2.05, 4.69) is 20.7 Å². The molecule has 94 valence electrons. The van der Waals surface area contributed by atoms with Crippen LogP contribution >= 0.6 is 15.9 Å². The minimum Gasteiger partial charge on any atom is -0.208 e. The van der Waals surface area contributed by atoms with Crippen LogP contribution in [-0.2, 0) is 10.0 Å². The lowest BCUT2D eigenvalue weighted by molar-refractivity contribution is 0.552. The van der Waals surface area contributed by atoms with E-state index in [0.29, 0.717) is 4.90 Å². The minimum atomic E-state index is -3.35. The smallest absolute Gasteiger partial charge is 0.208 e. The highest BCUT2D eigenvalue weighted by Crippen LogP contribution is 2.23. The van der Waals surface area contributed by atoms with Gasteiger partial charge >= 0.3 is 0 Å². The molecule has 1 aromatic carbocycles. The maximum atomic E-state index is 12.1. The van der Waals surface area contributed by atoms with E-state index < -0.39 is 10.0 Å². The number of sulfonamides is 1. The van der Waals surface area contributed by atoms with Crippen LogP contribution in [0.15, 0.2) is 27.6 Å². The zero-order chi connectivity index (χ0) is 12.5. The van der Waals surface area contributed by atoms with Gasteiger partial charge in [0, 0.05) is 10.5 Å². The average Bonchev–Trinajstić information content (AvgIpc) is 2.73. The van der Waals surface area contributed by atoms with Gasteiger partial charge in [-0.3, -0.25) is 0 Å². The lowest BCUT2D eigenvalue weighted by atomic mass is 10.2. The Morgan fingerprint density at radius 3 is 2.53 bits per heavy atom. The third-order valence-electron chi connectivity index (χ3n) is 3.12. The standard InChI is InChI=1S/C12H16BrNO2S/c1-9-8-11(6-7-12(9)13)17(15,16)14-10-4-2-3-5-10/h6-8,10,14H,2-5H2,1H3. The number of aryl methyl sites for hydroxylation is 1. The molecular weight excluding hydrogens is 302 g/mol. The van der Waals surface area contributed by atoms with Gasteiger partial charge in [0.25, 0.3) is 0 Å². The molecule has 5 heteroatoms. The Kier molecular flexibility index (Phi) is 3.90. The van der Waals surface area contributed by atoms with Crippen LogP contribution in [0.1, 0.15) is 31.2 Å². The molecule has 1 aliphatic carbocycles. The fraction of sp³-hybridized carbons (Fsp3) is 0.500. The van der Waals surface area contributed by atoms with Gasteiger partial charge in [-0.15, -0.1) is 0 Å². The second kappa shape index (κ2) is 5.08. The van der Waals surface area contributed by atoms with Crippen molar-refractivity contribution in [1.29, 1.82) is 0 Å². The highest BCUT2D eigenvalue weighted by molar-refractivity contribution is 9.10. The quantitative estimate of drug-likeness (QED) is 0.931. The molecule has 0 spiro atoms. The van der Waals surface area contributed by atoms with Gasteiger partial charge in [-0.05, 0) is 43.5 Å². The van der Waals surface area contributed by atoms with Crippen LogP contribution in [-0.4, -0.2) is 14.5 Å². The van der Waals surface area contributed by atoms with Crippen LogP contribution in [0.5, 0.6) is 0 Å². The van der Waals surface area contributed by atoms with Gasteiger partial charge in [-0.2, -0.15) is 0 Å². The Labute approximate surface area is 111 Å². The number of hydrogen-bond acceptors (Lipinski definition) is 2. The first-order valence-corrected chi connectivity index (χ1v) is 8.05. The van der Waals surface area contributed by atoms with Gasteiger partial charge < -0.3 is 0 Å². The second-order valence-corrected chi connectivity index (χ2v) is 7.08. The van der Waals surface area contributed by atoms with Crippen LogP contribution in [0.25, 0.3) is 0 Å². The highest BCUT2D eigenvalue weighted by atomic mass is 79.9. The monoisotopic (exact) mass is 317 g/mol. The van der Waals surface area contributed by atoms with Crippen molar-refractivity contribution in [2.75, 3.05) is 0 Å². The number of hydrogen-bond donors (Lipinski definition) is 1. The number of rotatable bonds is 3. The summed E-state index contributed by atoms with van der Waals surface area (Å²) in [6.45, 7) is 1.89. The van der Waals surface area contributed by atoms with E-state index in [-0.39, 0.29) is 6.04 Å². The summed E-state index contributed by atoms with van der Waals surface area (Å²) in [4.78, 5) is 0.352. The van der Waals surface area contributed by atoms with E-state index in [0.717, 1.165) is 35.7 Å². The average molecular weight is 318 g/mol. The Balaban J connectivity index is 2.21. The Hall–Kier alpha value is -0.390. The predicted molar refractivity (Wildman–Crippen MR) is 71.5 cm³/mol. The van der Waals surface area contributed by atoms with Crippen molar-refractivity contribution in [3.8, 4) is 0 Å². The van der Waals surface area contributed by atoms with Gasteiger partial charge in [0.2, 0.25) is 10.0 Å². The fourth-order valence-corrected chi connectivity index (χ4v) is 3.75. The van der Waals surface area contributed by atoms with Crippen molar-refractivity contribution in [3.63, 3.8) is 0 Å². The molecule has 0 unspecified atom stereocenters. The molecule has 1 aliphatic rings. The lowest BCUT2D eigenvalue weighted by Gasteiger charge is -2.13. The first-order chi connectivity index (χ1) is 7.99. The fourth-order valence-electron chi connectivity index (χ4n) is 2.12. The van der Waals surface area contributed by atoms with Crippen molar-refractivity contribution in [1.82, 2.24) is 4.72 Å². The summed E-state index contributed by atoms with van der Waals surface area (Å²) in [7, 11) is -3.35. The first-order valence-electron chi connectivity index (χ1n) is 5.77. The third-order valence-corrected chi connectivity index (χ3v) is 5.52. The summed E-state index contributed by atoms with van der Waals surface area (Å²) in [5.41, 5.74) is 0.930. The molecule has 0 aromatic heterocycles. The van der Waals surface area contributed by atoms with Crippen LogP contribution in [0.2, 0.25) is 0 Å². The van der Waals surface area contributed by atoms with Crippen molar-refractivity contribution < 1.29 is 8.42 Å². The molecule has 3 nitrogen and oxygen atoms in total. The maximum Gasteiger partial charge on any atom is 0.240 e. The summed E-state index contributed by atoms with van der Waals surface area (Å²) in [6.07, 6.45) is 4.14. The zero-order valence-corrected chi connectivity index (χ0v) is 12.1. The molecular formula is C12H16BrNO2S. The van der Waals surface area contributed by atoms with Gasteiger partial charge in [0.15, 0.2) is 0 Å². The first kappa shape index (κ1) is 13.1. The summed E-state index contributed by atoms with van der Waals surface area (Å²) < 4.78 is 28.0. The van der Waals surface area contributed by atoms with Gasteiger partial charge in [-0.1, -0.05) is 28.8 Å². The van der Waals surface area contributed by atoms with Crippen molar-refractivity contribution in [2.24, 2.45) is 0 Å². The summed E-state index contributed by atoms with van der Waals surface area (Å²) in [5.74, 6) is 0. The topological polar surface area (TPSA) is 46.2 Å². The molecule has 0 radical (unpaired) electrons. The number of benzene rings is 1. The van der Waals surface area contributed by atoms with Gasteiger partial charge in [-0.25, -0.2) is 13.1 Å². The summed E-state index contributed by atoms with van der Waals surface area (Å²) >= 11 is 3.37. The van der Waals surface area contributed by atoms with Crippen LogP contribution in [0, 0.1) is 6.92 Å². The predicted octanol–water partition coefficient (Wildman–Crippen LogP) is 2.98. The van der Waals surface area contributed by atoms with Crippen LogP contribution < -0.4 is 4.72 Å². The minimum absolute atomic E-state index is 0.115. The number of nitrogens with one attached hydrogen (secondary N) is 1. The second-order valence-electron chi connectivity index (χ2n) is 4.51. The molecule has 0 amide bonds. The van der Waals surface area contributed by atoms with Gasteiger partial charge in [0.1, 0.15) is 0 Å². The van der Waals surface area contributed by atoms with Crippen molar-refractivity contribution >= 4 is 26.0 Å². The highest BCUT2D eigenvalue weighted by Gasteiger charge is 2.22. The number of halogens is 1. The SMILES string of the molecule is Cc1cc(S(=O)(=O)NC2CCCC2)ccc1Br. The molecule has 0 aliphatic heterocycles. The molecule has 1 N–H and O–H groups in total. The molecule has 0 atom stereocenters. The largest absolute Gasteiger partial charge is 0.240 e. The van der Waals surface area contributed by atoms with Gasteiger partial charge in [0.05, 0.1) is 4.90 Å². The van der Waals surface area contributed by atoms with E-state index in [1.54, 1.807) is 18.2 Å². The lowest BCUT2D eigenvalue weighted by Crippen LogP contribution is -2.32. The van der Waals surface area contributed by atoms with E-state index in [4.69, 9.17) is 0 Å². The normalized spacial score (nSPS) is 17.5. The Morgan fingerprint density at radius 2 is 1.94 bits per heavy atom. The third kappa shape index (κ3) is 3.09. The molecule has 0 heterocycles. The molecule has 0 saturated heterocycles. The van der Waals surface area contributed by atoms with E-state index >= 15 is 0 Å². The van der Waals surface area contributed by atoms with Crippen molar-refractivity contribution in [3.05, 3.63) is 28.2 Å². The molecule has 2 rings (SSSR count). The van der Waals surface area contributed by atoms with Crippen molar-refractivity contribution in [2.45, 2.75) is 43.5 Å². The molecule has 1 saturated carbocycles. The van der Waals surface area contributed by atoms with E-state index in [9.17, 15) is 8.42 Å². The van der Waals surface area contributed by atoms with E-state index in [1.807, 2.05) is 6.92 Å². The Bertz CT molecular complexity index is 507. The van der Waals surface area contributed by atoms with Crippen LogP contribution in [0.3, 0.4) is 0 Å². The van der Waals surface area contributed by atoms with E-state index in [1.165, 1.54) is 0 Å².